The minimum absolute atomic E-state index is 0. The van der Waals surface area contributed by atoms with E-state index in [2.05, 4.69) is 0 Å². The second-order valence-electron chi connectivity index (χ2n) is 18.3. The molecular formula is C46H68BNaO14. The van der Waals surface area contributed by atoms with Gasteiger partial charge in [0.2, 0.25) is 0 Å². The molecule has 6 aliphatic heterocycles. The molecule has 14 atom stereocenters. The van der Waals surface area contributed by atoms with Crippen LogP contribution >= 0.6 is 0 Å². The monoisotopic (exact) mass is 878 g/mol. The van der Waals surface area contributed by atoms with Gasteiger partial charge in [-0.05, 0) is 90.9 Å². The number of carbonyl (C=O) groups excluding carboxylic acids is 4. The molecule has 6 rings (SSSR count). The fourth-order valence-electron chi connectivity index (χ4n) is 9.42. The van der Waals surface area contributed by atoms with Crippen molar-refractivity contribution >= 4 is 30.5 Å². The maximum atomic E-state index is 14.5. The average Bonchev–Trinajstić information content (AvgIpc) is 3.70. The Bertz CT molecular complexity index is 1570. The van der Waals surface area contributed by atoms with E-state index in [1.54, 1.807) is 27.7 Å². The minimum Gasteiger partial charge on any atom is -0.504 e. The van der Waals surface area contributed by atoms with Crippen molar-refractivity contribution < 1.29 is 96.5 Å². The molecule has 0 aliphatic carbocycles. The van der Waals surface area contributed by atoms with Crippen LogP contribution in [0.25, 0.3) is 0 Å². The van der Waals surface area contributed by atoms with E-state index in [9.17, 15) is 29.4 Å². The van der Waals surface area contributed by atoms with Gasteiger partial charge in [0.05, 0.1) is 36.6 Å². The van der Waals surface area contributed by atoms with E-state index < -0.39 is 103 Å². The predicted octanol–water partition coefficient (Wildman–Crippen LogP) is 3.43. The number of ketones is 2. The predicted molar refractivity (Wildman–Crippen MR) is 224 cm³/mol. The second kappa shape index (κ2) is 22.5. The van der Waals surface area contributed by atoms with Crippen molar-refractivity contribution in [3.8, 4) is 0 Å². The Morgan fingerprint density at radius 1 is 0.532 bits per heavy atom. The quantitative estimate of drug-likeness (QED) is 0.267. The van der Waals surface area contributed by atoms with Crippen LogP contribution in [0, 0.1) is 23.7 Å². The number of aliphatic hydroxyl groups is 2. The molecule has 14 nitrogen and oxygen atoms in total. The molecule has 3 spiro atoms. The van der Waals surface area contributed by atoms with Crippen LogP contribution < -0.4 is 29.6 Å². The van der Waals surface area contributed by atoms with E-state index >= 15 is 0 Å². The summed E-state index contributed by atoms with van der Waals surface area (Å²) < 4.78 is 52.5. The molecule has 2 N–H and O–H groups in total. The van der Waals surface area contributed by atoms with E-state index in [0.29, 0.717) is 77.0 Å². The zero-order valence-corrected chi connectivity index (χ0v) is 39.8. The van der Waals surface area contributed by atoms with Crippen molar-refractivity contribution in [3.63, 3.8) is 0 Å². The van der Waals surface area contributed by atoms with Crippen molar-refractivity contribution in [1.29, 1.82) is 0 Å². The first-order valence-corrected chi connectivity index (χ1v) is 22.8. The van der Waals surface area contributed by atoms with Crippen LogP contribution in [0.5, 0.6) is 0 Å². The molecule has 0 aromatic rings. The Morgan fingerprint density at radius 2 is 0.887 bits per heavy atom. The number of hydrogen-bond acceptors (Lipinski definition) is 14. The third kappa shape index (κ3) is 11.9. The van der Waals surface area contributed by atoms with Crippen LogP contribution in [0.3, 0.4) is 0 Å². The molecule has 6 aliphatic rings. The van der Waals surface area contributed by atoms with Gasteiger partial charge >= 0.3 is 48.5 Å². The standard InChI is InChI=1S/C46H68BO14.Na/c1-29-23-25-39-33(5)37(50)27-35(48)21-17-13-10-8-12-16-20-32(4)55-44(53)42-46-30(2)24-26-40(57-46)34(6)38(51)28-36(49)22-18-14-9-7-11-15-19-31(3)54-43(52)41-45(29,56-39)60-47(58-41,59-42)61-46;/h7-14,29-36,39-42,48-49H,15-28H2,1-6H3;/q-1;+1/b11-7-,12-8-,13-10+,14-9+;/t29-,30-,31+,32+,33-,34-,35+,36+,39+,40+,41?,42?,45+,46+,47?;/m1./s1. The van der Waals surface area contributed by atoms with Crippen LogP contribution in [0.1, 0.15) is 131 Å². The zero-order valence-electron chi connectivity index (χ0n) is 37.8. The van der Waals surface area contributed by atoms with Gasteiger partial charge in [-0.25, -0.2) is 9.59 Å². The normalized spacial score (nSPS) is 45.4. The number of fused-ring (bicyclic) bond motifs is 4. The maximum Gasteiger partial charge on any atom is 1.00 e. The molecule has 7 bridgehead atoms. The number of esters is 2. The van der Waals surface area contributed by atoms with Gasteiger partial charge in [0, 0.05) is 36.5 Å². The molecule has 16 heteroatoms. The van der Waals surface area contributed by atoms with Crippen molar-refractivity contribution in [2.24, 2.45) is 23.7 Å². The first-order valence-electron chi connectivity index (χ1n) is 22.8. The van der Waals surface area contributed by atoms with Gasteiger partial charge in [-0.15, -0.1) is 0 Å². The number of aliphatic hydroxyl groups excluding tert-OH is 2. The number of ether oxygens (including phenoxy) is 4. The molecule has 4 saturated heterocycles. The van der Waals surface area contributed by atoms with Crippen molar-refractivity contribution in [1.82, 2.24) is 0 Å². The number of rotatable bonds is 0. The van der Waals surface area contributed by atoms with Gasteiger partial charge in [0.15, 0.2) is 23.8 Å². The zero-order chi connectivity index (χ0) is 44.0. The first kappa shape index (κ1) is 51.0. The molecule has 0 aromatic carbocycles. The molecule has 340 valence electrons. The summed E-state index contributed by atoms with van der Waals surface area (Å²) in [4.78, 5) is 56.4. The minimum atomic E-state index is -3.51. The topological polar surface area (TPSA) is 183 Å². The van der Waals surface area contributed by atoms with Crippen LogP contribution in [-0.4, -0.2) is 101 Å². The Kier molecular flexibility index (Phi) is 18.5. The molecule has 2 unspecified atom stereocenters. The second-order valence-corrected chi connectivity index (χ2v) is 18.3. The van der Waals surface area contributed by atoms with Gasteiger partial charge < -0.3 is 47.8 Å². The Balaban J connectivity index is 0.00000726. The van der Waals surface area contributed by atoms with Crippen molar-refractivity contribution in [2.75, 3.05) is 0 Å². The number of allylic oxidation sites excluding steroid dienone is 8. The Morgan fingerprint density at radius 3 is 1.26 bits per heavy atom. The molecule has 0 saturated carbocycles. The fraction of sp³-hybridized carbons (Fsp3) is 0.739. The largest absolute Gasteiger partial charge is 1.00 e. The SMILES string of the molecule is C[C@@H]1C(=O)C[C@@H](O)CC/C=C/C=C\CC[C@H](C)OC(=O)C2O[B-]34OC(C(=O)O[C@@H](C)CC/C=C\C=C\CC[C@H](O)CC(=O)[C@@H](C)[C@@H]5CC[C@@H](C)[C@]2(O5)O3)[C@@]2(O[C@H]1CC[C@H]2C)O4.[Na+]. The fourth-order valence-corrected chi connectivity index (χ4v) is 9.42. The van der Waals surface area contributed by atoms with E-state index in [1.165, 1.54) is 0 Å². The number of Topliss-reactive ketones (excluding diaryl/α,β-unsaturated/α-hetero) is 2. The number of carbonyl (C=O) groups is 4. The van der Waals surface area contributed by atoms with Crippen LogP contribution in [0.4, 0.5) is 0 Å². The summed E-state index contributed by atoms with van der Waals surface area (Å²) >= 11 is 0. The summed E-state index contributed by atoms with van der Waals surface area (Å²) in [5.41, 5.74) is 0. The van der Waals surface area contributed by atoms with Crippen molar-refractivity contribution in [2.45, 2.75) is 192 Å². The molecule has 0 radical (unpaired) electrons. The third-order valence-electron chi connectivity index (χ3n) is 13.5. The van der Waals surface area contributed by atoms with Crippen LogP contribution in [0.2, 0.25) is 0 Å². The summed E-state index contributed by atoms with van der Waals surface area (Å²) in [6.07, 6.45) is 13.6. The molecular weight excluding hydrogens is 810 g/mol. The number of hydrogen-bond donors (Lipinski definition) is 2. The number of cyclic esters (lactones) is 2. The Hall–Kier alpha value is -2.02. The molecule has 62 heavy (non-hydrogen) atoms. The molecule has 6 heterocycles. The van der Waals surface area contributed by atoms with Gasteiger partial charge in [-0.1, -0.05) is 76.3 Å². The summed E-state index contributed by atoms with van der Waals surface area (Å²) in [5, 5.41) is 21.7. The Labute approximate surface area is 389 Å². The molecule has 0 aromatic heterocycles. The van der Waals surface area contributed by atoms with Crippen molar-refractivity contribution in [3.05, 3.63) is 48.6 Å². The van der Waals surface area contributed by atoms with Gasteiger partial charge in [0.1, 0.15) is 11.6 Å². The van der Waals surface area contributed by atoms with E-state index in [1.807, 2.05) is 62.5 Å². The molecule has 4 fully saturated rings. The first-order chi connectivity index (χ1) is 29.1. The molecule has 0 amide bonds. The van der Waals surface area contributed by atoms with Gasteiger partial charge in [-0.2, -0.15) is 0 Å². The average molecular weight is 879 g/mol. The van der Waals surface area contributed by atoms with Crippen LogP contribution in [-0.2, 0) is 56.7 Å². The third-order valence-corrected chi connectivity index (χ3v) is 13.5. The summed E-state index contributed by atoms with van der Waals surface area (Å²) in [6.45, 7) is 7.23. The van der Waals surface area contributed by atoms with E-state index in [-0.39, 0.29) is 54.0 Å². The van der Waals surface area contributed by atoms with Crippen LogP contribution in [0.15, 0.2) is 48.6 Å². The smallest absolute Gasteiger partial charge is 0.504 e. The summed E-state index contributed by atoms with van der Waals surface area (Å²) in [7, 11) is 0. The van der Waals surface area contributed by atoms with E-state index in [4.69, 9.17) is 37.6 Å². The van der Waals surface area contributed by atoms with Gasteiger partial charge in [0.25, 0.3) is 0 Å². The maximum absolute atomic E-state index is 14.5. The summed E-state index contributed by atoms with van der Waals surface area (Å²) in [6, 6.07) is 0. The summed E-state index contributed by atoms with van der Waals surface area (Å²) in [5.74, 6) is -8.24. The van der Waals surface area contributed by atoms with E-state index in [0.717, 1.165) is 0 Å². The van der Waals surface area contributed by atoms with Gasteiger partial charge in [-0.3, -0.25) is 9.59 Å².